The van der Waals surface area contributed by atoms with Crippen molar-refractivity contribution in [1.29, 1.82) is 0 Å². The summed E-state index contributed by atoms with van der Waals surface area (Å²) in [6.07, 6.45) is 1.79. The van der Waals surface area contributed by atoms with Crippen LogP contribution in [0.4, 0.5) is 0 Å². The van der Waals surface area contributed by atoms with Gasteiger partial charge >= 0.3 is 0 Å². The van der Waals surface area contributed by atoms with E-state index in [0.29, 0.717) is 10.6 Å². The number of hydrogen-bond acceptors (Lipinski definition) is 4. The Bertz CT molecular complexity index is 797. The van der Waals surface area contributed by atoms with Crippen LogP contribution in [-0.2, 0) is 0 Å². The molecule has 2 heterocycles. The molecule has 3 rings (SSSR count). The predicted octanol–water partition coefficient (Wildman–Crippen LogP) is 3.86. The second-order valence-corrected chi connectivity index (χ2v) is 5.66. The fourth-order valence-electron chi connectivity index (χ4n) is 1.85. The van der Waals surface area contributed by atoms with Gasteiger partial charge in [-0.3, -0.25) is 0 Å². The number of aromatic amines is 1. The number of aryl methyl sites for hydroxylation is 1. The van der Waals surface area contributed by atoms with E-state index in [4.69, 9.17) is 12.2 Å². The van der Waals surface area contributed by atoms with Crippen LogP contribution in [-0.4, -0.2) is 21.1 Å². The molecule has 1 aromatic carbocycles. The van der Waals surface area contributed by atoms with Gasteiger partial charge in [0.05, 0.1) is 6.21 Å². The Kier molecular flexibility index (Phi) is 3.58. The highest BCUT2D eigenvalue weighted by Gasteiger charge is 2.07. The Hall–Kier alpha value is -2.05. The lowest BCUT2D eigenvalue weighted by molar-refractivity contribution is 0.872. The van der Waals surface area contributed by atoms with Crippen molar-refractivity contribution in [2.45, 2.75) is 6.92 Å². The molecule has 0 radical (unpaired) electrons. The largest absolute Gasteiger partial charge is 0.250 e. The maximum atomic E-state index is 5.24. The molecule has 0 atom stereocenters. The van der Waals surface area contributed by atoms with E-state index in [1.807, 2.05) is 42.6 Å². The summed E-state index contributed by atoms with van der Waals surface area (Å²) in [4.78, 5) is 1.07. The quantitative estimate of drug-likeness (QED) is 0.590. The van der Waals surface area contributed by atoms with Gasteiger partial charge in [-0.25, -0.2) is 5.10 Å². The van der Waals surface area contributed by atoms with E-state index >= 15 is 0 Å². The van der Waals surface area contributed by atoms with Crippen LogP contribution in [0.15, 0.2) is 46.9 Å². The summed E-state index contributed by atoms with van der Waals surface area (Å²) in [5.74, 6) is 0.714. The number of benzene rings is 1. The van der Waals surface area contributed by atoms with Crippen molar-refractivity contribution in [1.82, 2.24) is 14.9 Å². The lowest BCUT2D eigenvalue weighted by Gasteiger charge is -2.01. The molecule has 6 heteroatoms. The number of rotatable bonds is 3. The van der Waals surface area contributed by atoms with E-state index in [-0.39, 0.29) is 0 Å². The zero-order valence-electron chi connectivity index (χ0n) is 10.8. The third-order valence-electron chi connectivity index (χ3n) is 2.77. The molecule has 0 aliphatic rings. The average Bonchev–Trinajstić information content (AvgIpc) is 3.06. The standard InChI is InChI=1S/C14H12N4S2/c1-10-4-2-5-11(8-10)13-16-17-14(19)18(13)15-9-12-6-3-7-20-12/h2-9H,1H3,(H,17,19)/b15-9-. The first kappa shape index (κ1) is 13.0. The van der Waals surface area contributed by atoms with E-state index < -0.39 is 0 Å². The van der Waals surface area contributed by atoms with Crippen LogP contribution in [0.2, 0.25) is 0 Å². The van der Waals surface area contributed by atoms with E-state index in [9.17, 15) is 0 Å². The van der Waals surface area contributed by atoms with Crippen molar-refractivity contribution < 1.29 is 0 Å². The topological polar surface area (TPSA) is 46.0 Å². The van der Waals surface area contributed by atoms with Gasteiger partial charge in [-0.05, 0) is 36.7 Å². The lowest BCUT2D eigenvalue weighted by Crippen LogP contribution is -1.94. The fourth-order valence-corrected chi connectivity index (χ4v) is 2.61. The van der Waals surface area contributed by atoms with Gasteiger partial charge in [0, 0.05) is 10.4 Å². The van der Waals surface area contributed by atoms with E-state index in [1.54, 1.807) is 22.2 Å². The van der Waals surface area contributed by atoms with Crippen molar-refractivity contribution in [3.05, 3.63) is 57.0 Å². The number of aromatic nitrogens is 3. The summed E-state index contributed by atoms with van der Waals surface area (Å²) >= 11 is 6.86. The van der Waals surface area contributed by atoms with Gasteiger partial charge in [-0.1, -0.05) is 29.8 Å². The molecular weight excluding hydrogens is 288 g/mol. The van der Waals surface area contributed by atoms with Crippen LogP contribution in [0.3, 0.4) is 0 Å². The highest BCUT2D eigenvalue weighted by molar-refractivity contribution is 7.71. The van der Waals surface area contributed by atoms with E-state index in [0.717, 1.165) is 10.4 Å². The molecule has 0 aliphatic heterocycles. The summed E-state index contributed by atoms with van der Waals surface area (Å²) in [6.45, 7) is 2.05. The van der Waals surface area contributed by atoms with Crippen molar-refractivity contribution in [2.24, 2.45) is 5.10 Å². The zero-order valence-corrected chi connectivity index (χ0v) is 12.4. The molecule has 0 saturated heterocycles. The summed E-state index contributed by atoms with van der Waals surface area (Å²) in [7, 11) is 0. The molecule has 1 N–H and O–H groups in total. The SMILES string of the molecule is Cc1cccc(-c2n[nH]c(=S)n2/N=C\c2cccs2)c1. The van der Waals surface area contributed by atoms with Gasteiger partial charge in [-0.2, -0.15) is 14.9 Å². The molecule has 0 aliphatic carbocycles. The van der Waals surface area contributed by atoms with Gasteiger partial charge in [0.25, 0.3) is 0 Å². The van der Waals surface area contributed by atoms with Crippen molar-refractivity contribution in [3.63, 3.8) is 0 Å². The summed E-state index contributed by atoms with van der Waals surface area (Å²) < 4.78 is 2.12. The van der Waals surface area contributed by atoms with Gasteiger partial charge in [0.1, 0.15) is 0 Å². The first-order chi connectivity index (χ1) is 9.74. The number of nitrogens with zero attached hydrogens (tertiary/aromatic N) is 3. The molecular formula is C14H12N4S2. The van der Waals surface area contributed by atoms with Crippen molar-refractivity contribution in [2.75, 3.05) is 0 Å². The Morgan fingerprint density at radius 1 is 1.35 bits per heavy atom. The second kappa shape index (κ2) is 5.52. The third kappa shape index (κ3) is 2.61. The molecule has 20 heavy (non-hydrogen) atoms. The molecule has 3 aromatic rings. The molecule has 100 valence electrons. The fraction of sp³-hybridized carbons (Fsp3) is 0.0714. The first-order valence-corrected chi connectivity index (χ1v) is 7.35. The first-order valence-electron chi connectivity index (χ1n) is 6.06. The molecule has 0 fully saturated rings. The number of hydrogen-bond donors (Lipinski definition) is 1. The number of thiophene rings is 1. The number of H-pyrrole nitrogens is 1. The molecule has 0 amide bonds. The van der Waals surface area contributed by atoms with Crippen LogP contribution in [0.1, 0.15) is 10.4 Å². The Morgan fingerprint density at radius 3 is 3.00 bits per heavy atom. The van der Waals surface area contributed by atoms with Gasteiger partial charge < -0.3 is 0 Å². The summed E-state index contributed by atoms with van der Waals surface area (Å²) in [5.41, 5.74) is 2.16. The molecule has 0 spiro atoms. The summed E-state index contributed by atoms with van der Waals surface area (Å²) in [5, 5.41) is 13.5. The van der Waals surface area contributed by atoms with Crippen LogP contribution >= 0.6 is 23.6 Å². The molecule has 0 saturated carbocycles. The summed E-state index contributed by atoms with van der Waals surface area (Å²) in [6, 6.07) is 12.1. The monoisotopic (exact) mass is 300 g/mol. The highest BCUT2D eigenvalue weighted by Crippen LogP contribution is 2.18. The minimum Gasteiger partial charge on any atom is -0.250 e. The van der Waals surface area contributed by atoms with Gasteiger partial charge in [0.2, 0.25) is 4.77 Å². The normalized spacial score (nSPS) is 11.2. The van der Waals surface area contributed by atoms with Crippen LogP contribution in [0, 0.1) is 11.7 Å². The maximum absolute atomic E-state index is 5.24. The van der Waals surface area contributed by atoms with Crippen LogP contribution < -0.4 is 0 Å². The number of nitrogens with one attached hydrogen (secondary N) is 1. The molecule has 2 aromatic heterocycles. The molecule has 0 bridgehead atoms. The Morgan fingerprint density at radius 2 is 2.25 bits per heavy atom. The minimum absolute atomic E-state index is 0.481. The van der Waals surface area contributed by atoms with Crippen molar-refractivity contribution in [3.8, 4) is 11.4 Å². The third-order valence-corrected chi connectivity index (χ3v) is 3.84. The minimum atomic E-state index is 0.481. The molecule has 4 nitrogen and oxygen atoms in total. The second-order valence-electron chi connectivity index (χ2n) is 4.29. The average molecular weight is 300 g/mol. The van der Waals surface area contributed by atoms with Gasteiger partial charge in [-0.15, -0.1) is 11.3 Å². The van der Waals surface area contributed by atoms with Crippen molar-refractivity contribution >= 4 is 29.8 Å². The lowest BCUT2D eigenvalue weighted by atomic mass is 10.1. The Labute approximate surface area is 125 Å². The van der Waals surface area contributed by atoms with Crippen LogP contribution in [0.5, 0.6) is 0 Å². The Balaban J connectivity index is 2.04. The van der Waals surface area contributed by atoms with E-state index in [2.05, 4.69) is 21.4 Å². The van der Waals surface area contributed by atoms with Gasteiger partial charge in [0.15, 0.2) is 5.82 Å². The van der Waals surface area contributed by atoms with E-state index in [1.165, 1.54) is 5.56 Å². The molecule has 0 unspecified atom stereocenters. The maximum Gasteiger partial charge on any atom is 0.216 e. The zero-order chi connectivity index (χ0) is 13.9. The highest BCUT2D eigenvalue weighted by atomic mass is 32.1. The smallest absolute Gasteiger partial charge is 0.216 e. The van der Waals surface area contributed by atoms with Crippen LogP contribution in [0.25, 0.3) is 11.4 Å². The predicted molar refractivity (Wildman–Crippen MR) is 84.9 cm³/mol.